The molecule has 5 amide bonds. The van der Waals surface area contributed by atoms with Crippen molar-refractivity contribution in [3.8, 4) is 44.5 Å². The standard InChI is InChI=1S/C23H16FN3O.2C22H17FN4O.C21H20FN5O.C19H14FN3O/c24-20-12-16(15-7-8-21-17(11-15)3-1-9-25-21)5-6-18(20)13-27-14-22-19(23(27)28)4-2-10-26-22;1-26-11-15-4-2-5-17(21(15)25-26)14-7-8-19(23)16(10-14)12-27-13-20-18(22(27)28)6-3-9-24-20;1-26-11-16-5-4-15(10-20(16)25-26)14-6-7-19(23)17(9-14)12-27-13-21-18(22(27)28)3-2-8-24-21;1-25-10-15-12-26(8-6-19(15)24-25)16-5-4-14(18(22)9-16)11-27-13-20-17(21(27)28)3-2-7-23-20;20-17-9-13(14-3-1-7-21-10-14)5-6-15(17)11-23-12-18-16(19(23)24)4-2-8-22-18/h1-12H,13-14H2;2*2-11H,12-13H2,1H3;2-5,7,9-10H,6,8,11-13H2,1H3;1-10H,11-12H2. The smallest absolute Gasteiger partial charge is 0.256 e. The zero-order valence-electron chi connectivity index (χ0n) is 73.9. The normalized spacial score (nSPS) is 13.8. The van der Waals surface area contributed by atoms with E-state index in [1.807, 2.05) is 154 Å². The second kappa shape index (κ2) is 37.3. The van der Waals surface area contributed by atoms with Gasteiger partial charge in [-0.3, -0.25) is 72.9 Å². The van der Waals surface area contributed by atoms with E-state index < -0.39 is 0 Å². The highest BCUT2D eigenvalue weighted by atomic mass is 19.1. The number of aromatic nitrogens is 13. The minimum absolute atomic E-state index is 0.0910. The molecule has 0 radical (unpaired) electrons. The first-order valence-corrected chi connectivity index (χ1v) is 44.1. The maximum atomic E-state index is 14.8. The Labute approximate surface area is 776 Å². The molecule has 18 aromatic rings. The van der Waals surface area contributed by atoms with Crippen LogP contribution in [0.1, 0.15) is 119 Å². The lowest BCUT2D eigenvalue weighted by Gasteiger charge is -2.28. The number of aryl methyl sites for hydroxylation is 3. The van der Waals surface area contributed by atoms with E-state index in [1.165, 1.54) is 29.8 Å². The molecule has 0 saturated heterocycles. The number of amides is 5. The Bertz CT molecular complexity index is 7760. The van der Waals surface area contributed by atoms with Crippen LogP contribution in [-0.4, -0.2) is 125 Å². The molecule has 24 nitrogen and oxygen atoms in total. The molecule has 8 aromatic carbocycles. The SMILES string of the molecule is Cn1cc2c(n1)CCN(c1ccc(CN3Cc4ncccc4C3=O)c(F)c1)C2.Cn1cc2ccc(-c3ccc(F)c(CN4Cc5ncccc5C4=O)c3)cc2n1.Cn1cc2cccc(-c3ccc(F)c(CN4Cc5ncccc5C4=O)c3)c2n1.O=C1c2cccnc2CN1Cc1ccc(-c2ccc3ncccc3c2)cc1F.O=C1c2cccnc2CN1Cc1ccc(-c2cccnc2)cc1F. The molecule has 0 unspecified atom stereocenters. The molecule has 0 bridgehead atoms. The van der Waals surface area contributed by atoms with Crippen molar-refractivity contribution in [3.63, 3.8) is 0 Å². The van der Waals surface area contributed by atoms with Crippen molar-refractivity contribution in [3.05, 3.63) is 423 Å². The van der Waals surface area contributed by atoms with Gasteiger partial charge in [-0.15, -0.1) is 0 Å². The third-order valence-corrected chi connectivity index (χ3v) is 25.0. The average Bonchev–Trinajstić information content (AvgIpc) is 1.62. The number of pyridine rings is 7. The van der Waals surface area contributed by atoms with Crippen LogP contribution in [0.25, 0.3) is 77.2 Å². The molecule has 29 heteroatoms. The maximum absolute atomic E-state index is 14.8. The lowest BCUT2D eigenvalue weighted by atomic mass is 10.0. The van der Waals surface area contributed by atoms with Crippen LogP contribution in [0, 0.1) is 29.1 Å². The van der Waals surface area contributed by atoms with E-state index in [0.717, 1.165) is 137 Å². The summed E-state index contributed by atoms with van der Waals surface area (Å²) >= 11 is 0. The number of carbonyl (C=O) groups is 5. The Morgan fingerprint density at radius 3 is 1.21 bits per heavy atom. The van der Waals surface area contributed by atoms with Gasteiger partial charge in [-0.05, 0) is 173 Å². The molecule has 0 aliphatic carbocycles. The van der Waals surface area contributed by atoms with Gasteiger partial charge in [0.05, 0.1) is 106 Å². The molecule has 6 aliphatic rings. The summed E-state index contributed by atoms with van der Waals surface area (Å²) in [6.45, 7) is 4.70. The number of carbonyl (C=O) groups excluding carboxylic acids is 5. The Kier molecular flexibility index (Phi) is 23.9. The first-order chi connectivity index (χ1) is 66.2. The summed E-state index contributed by atoms with van der Waals surface area (Å²) < 4.78 is 78.5. The van der Waals surface area contributed by atoms with Crippen molar-refractivity contribution in [2.45, 2.75) is 78.4 Å². The van der Waals surface area contributed by atoms with Crippen molar-refractivity contribution < 1.29 is 45.9 Å². The molecule has 672 valence electrons. The Morgan fingerprint density at radius 2 is 0.691 bits per heavy atom. The van der Waals surface area contributed by atoms with Crippen molar-refractivity contribution in [1.82, 2.24) is 88.7 Å². The Hall–Kier alpha value is -17.0. The van der Waals surface area contributed by atoms with Crippen molar-refractivity contribution >= 4 is 67.9 Å². The lowest BCUT2D eigenvalue weighted by molar-refractivity contribution is 0.0757. The van der Waals surface area contributed by atoms with E-state index >= 15 is 0 Å². The summed E-state index contributed by atoms with van der Waals surface area (Å²) in [6.07, 6.45) is 20.3. The summed E-state index contributed by atoms with van der Waals surface area (Å²) in [5.74, 6) is -2.09. The molecule has 136 heavy (non-hydrogen) atoms. The summed E-state index contributed by atoms with van der Waals surface area (Å²) in [5.41, 5.74) is 22.1. The van der Waals surface area contributed by atoms with Crippen LogP contribution in [-0.2, 0) is 99.6 Å². The van der Waals surface area contributed by atoms with Crippen LogP contribution < -0.4 is 4.90 Å². The third-order valence-electron chi connectivity index (χ3n) is 25.0. The molecule has 16 heterocycles. The molecule has 0 atom stereocenters. The minimum atomic E-state index is -0.326. The molecular weight excluding hydrogens is 1730 g/mol. The third kappa shape index (κ3) is 18.1. The Balaban J connectivity index is 0.000000105. The van der Waals surface area contributed by atoms with Crippen molar-refractivity contribution in [1.29, 1.82) is 0 Å². The number of hydrogen-bond acceptors (Lipinski definition) is 16. The number of benzene rings is 8. The van der Waals surface area contributed by atoms with Crippen LogP contribution in [0.15, 0.2) is 299 Å². The first kappa shape index (κ1) is 87.0. The van der Waals surface area contributed by atoms with Gasteiger partial charge in [0.25, 0.3) is 29.5 Å². The number of halogens is 5. The van der Waals surface area contributed by atoms with Gasteiger partial charge in [0.1, 0.15) is 34.6 Å². The van der Waals surface area contributed by atoms with E-state index in [2.05, 4.69) is 55.1 Å². The fourth-order valence-corrected chi connectivity index (χ4v) is 18.1. The summed E-state index contributed by atoms with van der Waals surface area (Å²) in [5, 5.41) is 16.5. The zero-order chi connectivity index (χ0) is 93.4. The van der Waals surface area contributed by atoms with Gasteiger partial charge in [-0.25, -0.2) is 22.0 Å². The van der Waals surface area contributed by atoms with Crippen LogP contribution in [0.3, 0.4) is 0 Å². The van der Waals surface area contributed by atoms with Crippen LogP contribution in [0.5, 0.6) is 0 Å². The number of anilines is 1. The van der Waals surface area contributed by atoms with Gasteiger partial charge in [-0.1, -0.05) is 91.0 Å². The lowest BCUT2D eigenvalue weighted by Crippen LogP contribution is -2.30. The molecular formula is C107H84F5N19O5. The second-order valence-corrected chi connectivity index (χ2v) is 34.0. The summed E-state index contributed by atoms with van der Waals surface area (Å²) in [4.78, 5) is 102. The molecule has 6 aliphatic heterocycles. The highest BCUT2D eigenvalue weighted by Crippen LogP contribution is 2.37. The number of nitrogens with zero attached hydrogens (tertiary/aromatic N) is 19. The molecule has 0 N–H and O–H groups in total. The fourth-order valence-electron chi connectivity index (χ4n) is 18.1. The quantitative estimate of drug-likeness (QED) is 0.0865. The molecule has 10 aromatic heterocycles. The van der Waals surface area contributed by atoms with E-state index in [0.29, 0.717) is 88.4 Å². The second-order valence-electron chi connectivity index (χ2n) is 34.0. The van der Waals surface area contributed by atoms with Crippen molar-refractivity contribution in [2.24, 2.45) is 21.1 Å². The predicted octanol–water partition coefficient (Wildman–Crippen LogP) is 18.6. The molecule has 24 rings (SSSR count). The highest BCUT2D eigenvalue weighted by Gasteiger charge is 2.35. The van der Waals surface area contributed by atoms with Crippen LogP contribution >= 0.6 is 0 Å². The highest BCUT2D eigenvalue weighted by molar-refractivity contribution is 6.01. The maximum Gasteiger partial charge on any atom is 0.256 e. The monoisotopic (exact) mass is 1810 g/mol. The van der Waals surface area contributed by atoms with Gasteiger partial charge in [0.15, 0.2) is 0 Å². The van der Waals surface area contributed by atoms with E-state index in [4.69, 9.17) is 0 Å². The Morgan fingerprint density at radius 1 is 0.287 bits per heavy atom. The number of hydrogen-bond donors (Lipinski definition) is 0. The van der Waals surface area contributed by atoms with Gasteiger partial charge in [-0.2, -0.15) is 15.3 Å². The zero-order valence-corrected chi connectivity index (χ0v) is 73.9. The summed E-state index contributed by atoms with van der Waals surface area (Å²) in [6, 6.07) is 68.5. The molecule has 0 spiro atoms. The van der Waals surface area contributed by atoms with E-state index in [9.17, 15) is 45.9 Å². The van der Waals surface area contributed by atoms with Gasteiger partial charge in [0, 0.05) is 208 Å². The topological polar surface area (TPSA) is 248 Å². The predicted molar refractivity (Wildman–Crippen MR) is 502 cm³/mol. The number of rotatable bonds is 15. The van der Waals surface area contributed by atoms with Crippen molar-refractivity contribution in [2.75, 3.05) is 11.4 Å². The van der Waals surface area contributed by atoms with Crippen LogP contribution in [0.2, 0.25) is 0 Å². The van der Waals surface area contributed by atoms with E-state index in [-0.39, 0.29) is 91.3 Å². The average molecular weight is 1810 g/mol. The number of fused-ring (bicyclic) bond motifs is 9. The summed E-state index contributed by atoms with van der Waals surface area (Å²) in [7, 11) is 5.69. The molecule has 0 saturated carbocycles. The molecule has 0 fully saturated rings. The van der Waals surface area contributed by atoms with Crippen LogP contribution in [0.4, 0.5) is 27.6 Å². The van der Waals surface area contributed by atoms with E-state index in [1.54, 1.807) is 180 Å². The minimum Gasteiger partial charge on any atom is -0.367 e. The fraction of sp³-hybridized carbons (Fsp3) is 0.150. The van der Waals surface area contributed by atoms with Gasteiger partial charge in [0.2, 0.25) is 0 Å². The van der Waals surface area contributed by atoms with Gasteiger partial charge < -0.3 is 29.4 Å². The largest absolute Gasteiger partial charge is 0.367 e. The first-order valence-electron chi connectivity index (χ1n) is 44.1. The van der Waals surface area contributed by atoms with Gasteiger partial charge >= 0.3 is 0 Å².